The van der Waals surface area contributed by atoms with Gasteiger partial charge in [-0.3, -0.25) is 9.48 Å². The van der Waals surface area contributed by atoms with Crippen LogP contribution in [-0.4, -0.2) is 28.4 Å². The van der Waals surface area contributed by atoms with Gasteiger partial charge >= 0.3 is 0 Å². The van der Waals surface area contributed by atoms with Gasteiger partial charge in [0.15, 0.2) is 5.69 Å². The van der Waals surface area contributed by atoms with Crippen LogP contribution in [0.4, 0.5) is 5.69 Å². The normalized spacial score (nSPS) is 11.2. The predicted octanol–water partition coefficient (Wildman–Crippen LogP) is 4.10. The minimum Gasteiger partial charge on any atom is -0.486 e. The highest BCUT2D eigenvalue weighted by molar-refractivity contribution is 5.98. The minimum absolute atomic E-state index is 0.194. The van der Waals surface area contributed by atoms with Crippen molar-refractivity contribution in [3.05, 3.63) is 64.9 Å². The molecule has 7 heteroatoms. The van der Waals surface area contributed by atoms with Crippen LogP contribution >= 0.6 is 0 Å². The fourth-order valence-electron chi connectivity index (χ4n) is 2.95. The average Bonchev–Trinajstić information content (AvgIpc) is 3.28. The summed E-state index contributed by atoms with van der Waals surface area (Å²) in [5.74, 6) is 1.89. The number of carbonyl (C=O) groups is 1. The van der Waals surface area contributed by atoms with E-state index < -0.39 is 0 Å². The highest BCUT2D eigenvalue weighted by atomic mass is 16.5. The van der Waals surface area contributed by atoms with Gasteiger partial charge in [-0.25, -0.2) is 4.99 Å². The molecule has 2 aromatic heterocycles. The zero-order chi connectivity index (χ0) is 20.8. The minimum atomic E-state index is -0.194. The van der Waals surface area contributed by atoms with Gasteiger partial charge in [-0.15, -0.1) is 0 Å². The van der Waals surface area contributed by atoms with Crippen LogP contribution in [-0.2, 0) is 13.7 Å². The lowest BCUT2D eigenvalue weighted by atomic mass is 10.1. The maximum absolute atomic E-state index is 12.3. The van der Waals surface area contributed by atoms with Crippen LogP contribution in [0.1, 0.15) is 46.5 Å². The molecule has 1 amide bonds. The molecule has 3 aromatic rings. The van der Waals surface area contributed by atoms with Gasteiger partial charge < -0.3 is 14.5 Å². The number of hydrogen-bond acceptors (Lipinski definition) is 5. The summed E-state index contributed by atoms with van der Waals surface area (Å²) in [5.41, 5.74) is 3.22. The number of aryl methyl sites for hydroxylation is 3. The summed E-state index contributed by atoms with van der Waals surface area (Å²) in [6.45, 7) is 7.01. The third kappa shape index (κ3) is 5.34. The Morgan fingerprint density at radius 2 is 2.03 bits per heavy atom. The van der Waals surface area contributed by atoms with E-state index in [1.165, 1.54) is 4.68 Å². The van der Waals surface area contributed by atoms with Crippen LogP contribution in [0.25, 0.3) is 0 Å². The van der Waals surface area contributed by atoms with Gasteiger partial charge in [0.2, 0.25) is 0 Å². The lowest BCUT2D eigenvalue weighted by Gasteiger charge is -2.06. The molecule has 0 atom stereocenters. The summed E-state index contributed by atoms with van der Waals surface area (Å²) in [6, 6.07) is 9.75. The molecule has 0 unspecified atom stereocenters. The van der Waals surface area contributed by atoms with E-state index in [2.05, 4.69) is 21.5 Å². The fourth-order valence-corrected chi connectivity index (χ4v) is 2.95. The molecule has 0 spiro atoms. The lowest BCUT2D eigenvalue weighted by Crippen LogP contribution is -2.26. The predicted molar refractivity (Wildman–Crippen MR) is 112 cm³/mol. The van der Waals surface area contributed by atoms with Crippen molar-refractivity contribution in [2.24, 2.45) is 12.0 Å². The second-order valence-corrected chi connectivity index (χ2v) is 6.93. The standard InChI is InChI=1S/C22H26N4O3/c1-5-8-23-22(27)21-20(13-25-26(21)4)24-12-17-6-7-18(29-17)14-28-19-10-15(2)9-16(3)11-19/h6-7,9-13H,5,8,14H2,1-4H3,(H,23,27). The van der Waals surface area contributed by atoms with Crippen molar-refractivity contribution in [1.29, 1.82) is 0 Å². The van der Waals surface area contributed by atoms with Crippen molar-refractivity contribution in [1.82, 2.24) is 15.1 Å². The Morgan fingerprint density at radius 3 is 2.76 bits per heavy atom. The maximum atomic E-state index is 12.3. The van der Waals surface area contributed by atoms with Gasteiger partial charge in [0.05, 0.1) is 12.4 Å². The van der Waals surface area contributed by atoms with E-state index >= 15 is 0 Å². The van der Waals surface area contributed by atoms with Gasteiger partial charge in [-0.2, -0.15) is 5.10 Å². The number of rotatable bonds is 8. The molecule has 2 heterocycles. The summed E-state index contributed by atoms with van der Waals surface area (Å²) in [7, 11) is 1.72. The Bertz CT molecular complexity index is 997. The monoisotopic (exact) mass is 394 g/mol. The number of nitrogens with zero attached hydrogens (tertiary/aromatic N) is 3. The van der Waals surface area contributed by atoms with Gasteiger partial charge in [0.1, 0.15) is 29.6 Å². The summed E-state index contributed by atoms with van der Waals surface area (Å²) in [4.78, 5) is 16.7. The number of aromatic nitrogens is 2. The highest BCUT2D eigenvalue weighted by Crippen LogP contribution is 2.20. The molecule has 0 bridgehead atoms. The third-order valence-corrected chi connectivity index (χ3v) is 4.26. The first-order chi connectivity index (χ1) is 14.0. The Balaban J connectivity index is 1.66. The van der Waals surface area contributed by atoms with Gasteiger partial charge in [-0.05, 0) is 55.7 Å². The number of amides is 1. The molecular formula is C22H26N4O3. The number of furan rings is 1. The molecule has 1 N–H and O–H groups in total. The maximum Gasteiger partial charge on any atom is 0.271 e. The number of nitrogens with one attached hydrogen (secondary N) is 1. The molecule has 3 rings (SSSR count). The molecule has 29 heavy (non-hydrogen) atoms. The quantitative estimate of drug-likeness (QED) is 0.583. The summed E-state index contributed by atoms with van der Waals surface area (Å²) >= 11 is 0. The Labute approximate surface area is 170 Å². The molecule has 0 aliphatic rings. The molecule has 0 saturated heterocycles. The molecule has 0 radical (unpaired) electrons. The molecule has 0 aliphatic heterocycles. The number of carbonyl (C=O) groups excluding carboxylic acids is 1. The van der Waals surface area contributed by atoms with Crippen LogP contribution < -0.4 is 10.1 Å². The van der Waals surface area contributed by atoms with Gasteiger partial charge in [-0.1, -0.05) is 13.0 Å². The van der Waals surface area contributed by atoms with Crippen molar-refractivity contribution in [2.45, 2.75) is 33.8 Å². The number of ether oxygens (including phenoxy) is 1. The summed E-state index contributed by atoms with van der Waals surface area (Å²) in [5, 5.41) is 6.98. The van der Waals surface area contributed by atoms with E-state index in [0.29, 0.717) is 36.1 Å². The lowest BCUT2D eigenvalue weighted by molar-refractivity contribution is 0.0945. The van der Waals surface area contributed by atoms with Crippen LogP contribution in [0, 0.1) is 13.8 Å². The van der Waals surface area contributed by atoms with Gasteiger partial charge in [0, 0.05) is 13.6 Å². The summed E-state index contributed by atoms with van der Waals surface area (Å²) in [6.07, 6.45) is 4.00. The first kappa shape index (κ1) is 20.4. The average molecular weight is 394 g/mol. The molecule has 1 aromatic carbocycles. The van der Waals surface area contributed by atoms with Crippen molar-refractivity contribution in [3.63, 3.8) is 0 Å². The van der Waals surface area contributed by atoms with Crippen LogP contribution in [0.3, 0.4) is 0 Å². The SMILES string of the molecule is CCCNC(=O)c1c(N=Cc2ccc(COc3cc(C)cc(C)c3)o2)cnn1C. The zero-order valence-electron chi connectivity index (χ0n) is 17.2. The Hall–Kier alpha value is -3.35. The molecule has 0 saturated carbocycles. The van der Waals surface area contributed by atoms with E-state index in [0.717, 1.165) is 23.3 Å². The van der Waals surface area contributed by atoms with Crippen molar-refractivity contribution >= 4 is 17.8 Å². The van der Waals surface area contributed by atoms with E-state index in [-0.39, 0.29) is 5.91 Å². The van der Waals surface area contributed by atoms with E-state index in [4.69, 9.17) is 9.15 Å². The topological polar surface area (TPSA) is 81.7 Å². The first-order valence-electron chi connectivity index (χ1n) is 9.60. The number of benzene rings is 1. The smallest absolute Gasteiger partial charge is 0.271 e. The van der Waals surface area contributed by atoms with Gasteiger partial charge in [0.25, 0.3) is 5.91 Å². The Morgan fingerprint density at radius 1 is 1.28 bits per heavy atom. The molecule has 0 fully saturated rings. The van der Waals surface area contributed by atoms with Crippen LogP contribution in [0.15, 0.2) is 45.9 Å². The number of hydrogen-bond donors (Lipinski definition) is 1. The van der Waals surface area contributed by atoms with Crippen molar-refractivity contribution < 1.29 is 13.9 Å². The van der Waals surface area contributed by atoms with Crippen LogP contribution in [0.2, 0.25) is 0 Å². The largest absolute Gasteiger partial charge is 0.486 e. The molecular weight excluding hydrogens is 368 g/mol. The second-order valence-electron chi connectivity index (χ2n) is 6.93. The third-order valence-electron chi connectivity index (χ3n) is 4.26. The van der Waals surface area contributed by atoms with E-state index in [9.17, 15) is 4.79 Å². The number of aliphatic imine (C=N–C) groups is 1. The Kier molecular flexibility index (Phi) is 6.49. The molecule has 7 nitrogen and oxygen atoms in total. The van der Waals surface area contributed by atoms with Crippen molar-refractivity contribution in [3.8, 4) is 5.75 Å². The zero-order valence-corrected chi connectivity index (χ0v) is 17.2. The fraction of sp³-hybridized carbons (Fsp3) is 0.318. The first-order valence-corrected chi connectivity index (χ1v) is 9.60. The highest BCUT2D eigenvalue weighted by Gasteiger charge is 2.15. The summed E-state index contributed by atoms with van der Waals surface area (Å²) < 4.78 is 13.1. The van der Waals surface area contributed by atoms with E-state index in [1.807, 2.05) is 45.0 Å². The molecule has 0 aliphatic carbocycles. The van der Waals surface area contributed by atoms with E-state index in [1.54, 1.807) is 19.5 Å². The van der Waals surface area contributed by atoms with Crippen LogP contribution in [0.5, 0.6) is 5.75 Å². The second kappa shape index (κ2) is 9.23. The molecule has 152 valence electrons. The van der Waals surface area contributed by atoms with Crippen molar-refractivity contribution in [2.75, 3.05) is 6.54 Å².